The number of hydrogen-bond acceptors (Lipinski definition) is 4. The Morgan fingerprint density at radius 2 is 1.79 bits per heavy atom. The number of aromatic nitrogens is 4. The monoisotopic (exact) mass is 348 g/mol. The maximum Gasteiger partial charge on any atom is 0.332 e. The summed E-state index contributed by atoms with van der Waals surface area (Å²) in [5.41, 5.74) is -0.260. The minimum Gasteiger partial charge on any atom is -0.424 e. The van der Waals surface area contributed by atoms with Crippen LogP contribution in [0.5, 0.6) is 11.8 Å². The van der Waals surface area contributed by atoms with Gasteiger partial charge in [-0.2, -0.15) is 4.98 Å². The van der Waals surface area contributed by atoms with Crippen molar-refractivity contribution in [3.63, 3.8) is 0 Å². The summed E-state index contributed by atoms with van der Waals surface area (Å²) in [6, 6.07) is 7.11. The third-order valence-corrected chi connectivity index (χ3v) is 4.13. The number of halogens is 1. The second-order valence-electron chi connectivity index (χ2n) is 5.77. The second kappa shape index (κ2) is 5.83. The molecule has 0 saturated heterocycles. The summed E-state index contributed by atoms with van der Waals surface area (Å²) in [6.45, 7) is 3.82. The Labute approximate surface area is 142 Å². The molecule has 0 bridgehead atoms. The van der Waals surface area contributed by atoms with Gasteiger partial charge in [-0.15, -0.1) is 0 Å². The van der Waals surface area contributed by atoms with Crippen LogP contribution >= 0.6 is 11.6 Å². The number of fused-ring (bicyclic) bond motifs is 1. The number of para-hydroxylation sites is 1. The van der Waals surface area contributed by atoms with Gasteiger partial charge in [-0.3, -0.25) is 18.5 Å². The predicted octanol–water partition coefficient (Wildman–Crippen LogP) is 2.46. The molecule has 0 amide bonds. The van der Waals surface area contributed by atoms with Crippen molar-refractivity contribution in [3.05, 3.63) is 50.1 Å². The lowest BCUT2D eigenvalue weighted by Gasteiger charge is -2.13. The van der Waals surface area contributed by atoms with Crippen LogP contribution in [0.1, 0.15) is 19.9 Å². The number of aryl methyl sites for hydroxylation is 1. The second-order valence-corrected chi connectivity index (χ2v) is 6.18. The highest BCUT2D eigenvalue weighted by atomic mass is 35.5. The first-order valence-corrected chi connectivity index (χ1v) is 7.81. The molecule has 126 valence electrons. The van der Waals surface area contributed by atoms with E-state index in [2.05, 4.69) is 4.98 Å². The molecule has 0 aliphatic carbocycles. The number of benzene rings is 1. The summed E-state index contributed by atoms with van der Waals surface area (Å²) in [6.07, 6.45) is 0. The molecule has 0 aliphatic heterocycles. The summed E-state index contributed by atoms with van der Waals surface area (Å²) < 4.78 is 9.89. The predicted molar refractivity (Wildman–Crippen MR) is 92.1 cm³/mol. The fraction of sp³-hybridized carbons (Fsp3) is 0.312. The third-order valence-electron chi connectivity index (χ3n) is 3.81. The van der Waals surface area contributed by atoms with Gasteiger partial charge in [0.15, 0.2) is 11.2 Å². The zero-order chi connectivity index (χ0) is 17.6. The lowest BCUT2D eigenvalue weighted by atomic mass is 10.3. The molecule has 3 rings (SSSR count). The van der Waals surface area contributed by atoms with E-state index in [9.17, 15) is 9.59 Å². The van der Waals surface area contributed by atoms with Crippen molar-refractivity contribution in [2.24, 2.45) is 14.1 Å². The van der Waals surface area contributed by atoms with Gasteiger partial charge < -0.3 is 4.74 Å². The van der Waals surface area contributed by atoms with Crippen LogP contribution in [0.15, 0.2) is 33.9 Å². The highest BCUT2D eigenvalue weighted by Gasteiger charge is 2.22. The SMILES string of the molecule is CC(C)n1c(Oc2ccccc2Cl)nc2c1c(=O)n(C)c(=O)n2C. The standard InChI is InChI=1S/C16H17ClN4O3/c1-9(2)21-12-13(19(3)16(23)20(4)14(12)22)18-15(21)24-11-8-6-5-7-10(11)17/h5-9H,1-4H3. The van der Waals surface area contributed by atoms with Gasteiger partial charge in [0.1, 0.15) is 5.75 Å². The van der Waals surface area contributed by atoms with Crippen LogP contribution in [-0.4, -0.2) is 18.7 Å². The molecular weight excluding hydrogens is 332 g/mol. The Bertz CT molecular complexity index is 1050. The molecule has 0 atom stereocenters. The Morgan fingerprint density at radius 1 is 1.12 bits per heavy atom. The number of hydrogen-bond donors (Lipinski definition) is 0. The Morgan fingerprint density at radius 3 is 2.42 bits per heavy atom. The molecule has 24 heavy (non-hydrogen) atoms. The molecule has 2 aromatic heterocycles. The van der Waals surface area contributed by atoms with Crippen molar-refractivity contribution in [2.45, 2.75) is 19.9 Å². The summed E-state index contributed by atoms with van der Waals surface area (Å²) in [4.78, 5) is 29.1. The molecule has 0 saturated carbocycles. The fourth-order valence-electron chi connectivity index (χ4n) is 2.57. The molecule has 0 fully saturated rings. The molecule has 0 N–H and O–H groups in total. The van der Waals surface area contributed by atoms with Crippen LogP contribution in [0.3, 0.4) is 0 Å². The normalized spacial score (nSPS) is 11.4. The zero-order valence-corrected chi connectivity index (χ0v) is 14.5. The van der Waals surface area contributed by atoms with Crippen LogP contribution < -0.4 is 16.0 Å². The van der Waals surface area contributed by atoms with E-state index < -0.39 is 11.2 Å². The minimum atomic E-state index is -0.440. The van der Waals surface area contributed by atoms with Gasteiger partial charge in [0.25, 0.3) is 5.56 Å². The highest BCUT2D eigenvalue weighted by molar-refractivity contribution is 6.32. The van der Waals surface area contributed by atoms with E-state index in [1.54, 1.807) is 35.9 Å². The van der Waals surface area contributed by atoms with E-state index in [1.807, 2.05) is 13.8 Å². The highest BCUT2D eigenvalue weighted by Crippen LogP contribution is 2.31. The van der Waals surface area contributed by atoms with Gasteiger partial charge in [0, 0.05) is 20.1 Å². The van der Waals surface area contributed by atoms with E-state index in [0.29, 0.717) is 16.3 Å². The van der Waals surface area contributed by atoms with Crippen molar-refractivity contribution in [2.75, 3.05) is 0 Å². The molecule has 1 aromatic carbocycles. The molecular formula is C16H17ClN4O3. The van der Waals surface area contributed by atoms with Crippen LogP contribution in [0.4, 0.5) is 0 Å². The fourth-order valence-corrected chi connectivity index (χ4v) is 2.75. The van der Waals surface area contributed by atoms with Crippen LogP contribution in [0.2, 0.25) is 5.02 Å². The summed E-state index contributed by atoms with van der Waals surface area (Å²) in [7, 11) is 3.01. The Kier molecular flexibility index (Phi) is 3.96. The average molecular weight is 349 g/mol. The van der Waals surface area contributed by atoms with Crippen LogP contribution in [0.25, 0.3) is 11.2 Å². The summed E-state index contributed by atoms with van der Waals surface area (Å²) >= 11 is 6.13. The summed E-state index contributed by atoms with van der Waals surface area (Å²) in [5, 5.41) is 0.432. The van der Waals surface area contributed by atoms with E-state index >= 15 is 0 Å². The van der Waals surface area contributed by atoms with Gasteiger partial charge in [0.2, 0.25) is 0 Å². The number of rotatable bonds is 3. The average Bonchev–Trinajstić information content (AvgIpc) is 2.92. The van der Waals surface area contributed by atoms with Crippen molar-refractivity contribution in [1.82, 2.24) is 18.7 Å². The molecule has 0 radical (unpaired) electrons. The van der Waals surface area contributed by atoms with Crippen molar-refractivity contribution in [3.8, 4) is 11.8 Å². The lowest BCUT2D eigenvalue weighted by Crippen LogP contribution is -2.37. The van der Waals surface area contributed by atoms with E-state index in [1.165, 1.54) is 11.6 Å². The van der Waals surface area contributed by atoms with Crippen LogP contribution in [-0.2, 0) is 14.1 Å². The van der Waals surface area contributed by atoms with E-state index in [0.717, 1.165) is 4.57 Å². The van der Waals surface area contributed by atoms with Gasteiger partial charge in [-0.1, -0.05) is 23.7 Å². The molecule has 7 nitrogen and oxygen atoms in total. The number of ether oxygens (including phenoxy) is 1. The van der Waals surface area contributed by atoms with Gasteiger partial charge >= 0.3 is 11.7 Å². The van der Waals surface area contributed by atoms with Gasteiger partial charge in [-0.05, 0) is 26.0 Å². The quantitative estimate of drug-likeness (QED) is 0.729. The zero-order valence-electron chi connectivity index (χ0n) is 13.8. The first kappa shape index (κ1) is 16.3. The minimum absolute atomic E-state index is 0.0994. The topological polar surface area (TPSA) is 71.1 Å². The molecule has 3 aromatic rings. The molecule has 0 spiro atoms. The Hall–Kier alpha value is -2.54. The molecule has 0 unspecified atom stereocenters. The van der Waals surface area contributed by atoms with Crippen molar-refractivity contribution in [1.29, 1.82) is 0 Å². The summed E-state index contributed by atoms with van der Waals surface area (Å²) in [5.74, 6) is 0.429. The van der Waals surface area contributed by atoms with E-state index in [-0.39, 0.29) is 17.7 Å². The first-order chi connectivity index (χ1) is 11.3. The number of imidazole rings is 1. The lowest BCUT2D eigenvalue weighted by molar-refractivity contribution is 0.400. The Balaban J connectivity index is 2.34. The smallest absolute Gasteiger partial charge is 0.332 e. The molecule has 0 aliphatic rings. The van der Waals surface area contributed by atoms with E-state index in [4.69, 9.17) is 16.3 Å². The number of nitrogens with zero attached hydrogens (tertiary/aromatic N) is 4. The maximum atomic E-state index is 12.6. The molecule has 2 heterocycles. The first-order valence-electron chi connectivity index (χ1n) is 7.43. The van der Waals surface area contributed by atoms with Crippen molar-refractivity contribution >= 4 is 22.8 Å². The van der Waals surface area contributed by atoms with Crippen LogP contribution in [0, 0.1) is 0 Å². The van der Waals surface area contributed by atoms with Gasteiger partial charge in [-0.25, -0.2) is 4.79 Å². The maximum absolute atomic E-state index is 12.6. The van der Waals surface area contributed by atoms with Crippen molar-refractivity contribution < 1.29 is 4.74 Å². The third kappa shape index (κ3) is 2.41. The van der Waals surface area contributed by atoms with Gasteiger partial charge in [0.05, 0.1) is 5.02 Å². The largest absolute Gasteiger partial charge is 0.424 e. The molecule has 8 heteroatoms.